The van der Waals surface area contributed by atoms with Gasteiger partial charge in [-0.25, -0.2) is 19.0 Å². The number of halogens is 1. The van der Waals surface area contributed by atoms with Crippen LogP contribution >= 0.6 is 11.3 Å². The van der Waals surface area contributed by atoms with E-state index in [0.717, 1.165) is 24.3 Å². The normalized spacial score (nSPS) is 10.0. The van der Waals surface area contributed by atoms with Crippen molar-refractivity contribution in [2.45, 2.75) is 20.3 Å². The number of ether oxygens (including phenoxy) is 1. The molecule has 0 bridgehead atoms. The molecule has 6 N–H and O–H groups in total. The molecular weight excluding hydrogens is 533 g/mol. The van der Waals surface area contributed by atoms with Crippen molar-refractivity contribution >= 4 is 51.8 Å². The molecule has 12 nitrogen and oxygen atoms in total. The third-order valence-corrected chi connectivity index (χ3v) is 5.83. The molecule has 206 valence electrons. The largest absolute Gasteiger partial charge is 0.481 e. The number of esters is 1. The minimum atomic E-state index is -1.09. The minimum absolute atomic E-state index is 0.0647. The van der Waals surface area contributed by atoms with E-state index in [-0.39, 0.29) is 39.9 Å². The highest BCUT2D eigenvalue weighted by molar-refractivity contribution is 7.17. The summed E-state index contributed by atoms with van der Waals surface area (Å²) in [5, 5.41) is 26.9. The topological polar surface area (TPSA) is 196 Å². The number of nitrogens with one attached hydrogen (secondary N) is 2. The van der Waals surface area contributed by atoms with Gasteiger partial charge in [-0.2, -0.15) is 0 Å². The molecule has 14 heteroatoms. The van der Waals surface area contributed by atoms with Crippen LogP contribution in [-0.2, 0) is 9.59 Å². The summed E-state index contributed by atoms with van der Waals surface area (Å²) in [5.41, 5.74) is 5.93. The SMILES string of the molecule is CC(=O)O.CCN(CCC(=O)Nc1cccc(C(=O)O)c1)c1ncc(C(=O)Oc2ccc(C(=N)N)cc2F)s1. The number of nitrogens with two attached hydrogens (primary N) is 1. The maximum Gasteiger partial charge on any atom is 0.355 e. The smallest absolute Gasteiger partial charge is 0.355 e. The number of aromatic carboxylic acids is 1. The van der Waals surface area contributed by atoms with Gasteiger partial charge in [0.25, 0.3) is 5.97 Å². The second-order valence-corrected chi connectivity index (χ2v) is 8.75. The first-order valence-corrected chi connectivity index (χ1v) is 12.1. The van der Waals surface area contributed by atoms with Crippen LogP contribution in [0.25, 0.3) is 0 Å². The van der Waals surface area contributed by atoms with Crippen LogP contribution in [-0.4, -0.2) is 57.9 Å². The van der Waals surface area contributed by atoms with E-state index in [4.69, 9.17) is 30.9 Å². The summed E-state index contributed by atoms with van der Waals surface area (Å²) in [7, 11) is 0. The Morgan fingerprint density at radius 3 is 2.44 bits per heavy atom. The molecule has 39 heavy (non-hydrogen) atoms. The lowest BCUT2D eigenvalue weighted by Gasteiger charge is -2.19. The van der Waals surface area contributed by atoms with Crippen LogP contribution in [0.15, 0.2) is 48.7 Å². The van der Waals surface area contributed by atoms with Crippen LogP contribution in [0.3, 0.4) is 0 Å². The fourth-order valence-corrected chi connectivity index (χ4v) is 3.87. The van der Waals surface area contributed by atoms with E-state index in [9.17, 15) is 18.8 Å². The maximum absolute atomic E-state index is 14.2. The highest BCUT2D eigenvalue weighted by atomic mass is 32.1. The van der Waals surface area contributed by atoms with E-state index in [1.165, 1.54) is 36.5 Å². The maximum atomic E-state index is 14.2. The van der Waals surface area contributed by atoms with Crippen LogP contribution in [0.1, 0.15) is 45.9 Å². The fraction of sp³-hybridized carbons (Fsp3) is 0.200. The number of aliphatic carboxylic acids is 1. The fourth-order valence-electron chi connectivity index (χ4n) is 2.99. The third-order valence-electron chi connectivity index (χ3n) is 4.79. The molecule has 0 saturated carbocycles. The molecule has 3 rings (SSSR count). The summed E-state index contributed by atoms with van der Waals surface area (Å²) >= 11 is 1.03. The predicted octanol–water partition coefficient (Wildman–Crippen LogP) is 3.43. The van der Waals surface area contributed by atoms with Crippen molar-refractivity contribution < 1.29 is 38.5 Å². The molecule has 0 saturated heterocycles. The molecule has 3 aromatic rings. The number of nitrogens with zero attached hydrogens (tertiary/aromatic N) is 2. The van der Waals surface area contributed by atoms with E-state index in [1.807, 2.05) is 6.92 Å². The zero-order valence-electron chi connectivity index (χ0n) is 20.9. The van der Waals surface area contributed by atoms with Gasteiger partial charge in [0.05, 0.1) is 11.8 Å². The second-order valence-electron chi connectivity index (χ2n) is 7.74. The van der Waals surface area contributed by atoms with Gasteiger partial charge in [0, 0.05) is 37.7 Å². The van der Waals surface area contributed by atoms with Crippen molar-refractivity contribution in [3.8, 4) is 5.75 Å². The van der Waals surface area contributed by atoms with E-state index >= 15 is 0 Å². The third kappa shape index (κ3) is 9.51. The van der Waals surface area contributed by atoms with Gasteiger partial charge >= 0.3 is 11.9 Å². The predicted molar refractivity (Wildman–Crippen MR) is 142 cm³/mol. The number of carbonyl (C=O) groups excluding carboxylic acids is 2. The van der Waals surface area contributed by atoms with Gasteiger partial charge in [-0.15, -0.1) is 0 Å². The Kier molecular flexibility index (Phi) is 11.0. The average molecular weight is 560 g/mol. The number of hydrogen-bond acceptors (Lipinski definition) is 9. The molecule has 0 aliphatic carbocycles. The highest BCUT2D eigenvalue weighted by Crippen LogP contribution is 2.25. The van der Waals surface area contributed by atoms with Crippen molar-refractivity contribution in [1.29, 1.82) is 5.41 Å². The van der Waals surface area contributed by atoms with Gasteiger partial charge in [-0.05, 0) is 43.3 Å². The molecule has 1 aromatic heterocycles. The monoisotopic (exact) mass is 559 g/mol. The van der Waals surface area contributed by atoms with Crippen LogP contribution < -0.4 is 20.7 Å². The Bertz CT molecular complexity index is 1370. The van der Waals surface area contributed by atoms with E-state index in [1.54, 1.807) is 11.0 Å². The first-order chi connectivity index (χ1) is 18.4. The number of carboxylic acids is 2. The zero-order valence-corrected chi connectivity index (χ0v) is 21.8. The summed E-state index contributed by atoms with van der Waals surface area (Å²) in [6.45, 7) is 3.74. The number of carbonyl (C=O) groups is 4. The van der Waals surface area contributed by atoms with Gasteiger partial charge in [0.1, 0.15) is 10.7 Å². The Hall–Kier alpha value is -4.85. The number of amidine groups is 1. The number of thiazole rings is 1. The van der Waals surface area contributed by atoms with Gasteiger partial charge in [0.15, 0.2) is 16.7 Å². The average Bonchev–Trinajstić information content (AvgIpc) is 3.35. The van der Waals surface area contributed by atoms with Crippen LogP contribution in [0.2, 0.25) is 0 Å². The Labute approximate surface area is 226 Å². The van der Waals surface area contributed by atoms with Crippen LogP contribution in [0, 0.1) is 11.2 Å². The lowest BCUT2D eigenvalue weighted by Crippen LogP contribution is -2.27. The Morgan fingerprint density at radius 2 is 1.85 bits per heavy atom. The van der Waals surface area contributed by atoms with Crippen molar-refractivity contribution in [2.24, 2.45) is 5.73 Å². The Morgan fingerprint density at radius 1 is 1.15 bits per heavy atom. The van der Waals surface area contributed by atoms with Crippen molar-refractivity contribution in [3.63, 3.8) is 0 Å². The van der Waals surface area contributed by atoms with Gasteiger partial charge in [-0.3, -0.25) is 15.0 Å². The number of rotatable bonds is 10. The molecule has 0 aliphatic heterocycles. The van der Waals surface area contributed by atoms with Crippen LogP contribution in [0.4, 0.5) is 15.2 Å². The minimum Gasteiger partial charge on any atom is -0.481 e. The molecule has 0 radical (unpaired) electrons. The number of amides is 1. The van der Waals surface area contributed by atoms with E-state index in [0.29, 0.717) is 23.9 Å². The van der Waals surface area contributed by atoms with Crippen molar-refractivity contribution in [2.75, 3.05) is 23.3 Å². The highest BCUT2D eigenvalue weighted by Gasteiger charge is 2.19. The number of nitrogen functional groups attached to an aromatic ring is 1. The molecule has 1 heterocycles. The summed E-state index contributed by atoms with van der Waals surface area (Å²) in [4.78, 5) is 51.0. The number of hydrogen-bond donors (Lipinski definition) is 5. The van der Waals surface area contributed by atoms with Crippen LogP contribution in [0.5, 0.6) is 5.75 Å². The lowest BCUT2D eigenvalue weighted by atomic mass is 10.2. The molecular formula is C25H26FN5O7S. The first kappa shape index (κ1) is 30.4. The molecule has 0 atom stereocenters. The van der Waals surface area contributed by atoms with E-state index < -0.39 is 23.7 Å². The summed E-state index contributed by atoms with van der Waals surface area (Å²) < 4.78 is 19.3. The Balaban J connectivity index is 0.00000124. The zero-order chi connectivity index (χ0) is 29.1. The number of carboxylic acid groups (broad SMARTS) is 2. The summed E-state index contributed by atoms with van der Waals surface area (Å²) in [6.07, 6.45) is 1.41. The standard InChI is InChI=1S/C23H22FN5O5S.C2H4O2/c1-2-29(9-8-19(30)28-15-5-3-4-14(10-15)21(31)32)23-27-12-18(35-23)22(33)34-17-7-6-13(20(25)26)11-16(17)24;1-2(3)4/h3-7,10-12H,2,8-9H2,1H3,(H3,25,26)(H,28,30)(H,31,32);1H3,(H,3,4). The molecule has 0 spiro atoms. The van der Waals surface area contributed by atoms with Crippen molar-refractivity contribution in [1.82, 2.24) is 4.98 Å². The van der Waals surface area contributed by atoms with Crippen molar-refractivity contribution in [3.05, 3.63) is 70.5 Å². The number of anilines is 2. The van der Waals surface area contributed by atoms with Gasteiger partial charge < -0.3 is 30.9 Å². The first-order valence-electron chi connectivity index (χ1n) is 11.3. The quantitative estimate of drug-likeness (QED) is 0.106. The van der Waals surface area contributed by atoms with E-state index in [2.05, 4.69) is 10.3 Å². The molecule has 0 unspecified atom stereocenters. The number of benzene rings is 2. The molecule has 0 aliphatic rings. The second kappa shape index (κ2) is 14.2. The summed E-state index contributed by atoms with van der Waals surface area (Å²) in [6, 6.07) is 9.52. The lowest BCUT2D eigenvalue weighted by molar-refractivity contribution is -0.134. The molecule has 1 amide bonds. The molecule has 0 fully saturated rings. The van der Waals surface area contributed by atoms with Gasteiger partial charge in [-0.1, -0.05) is 17.4 Å². The van der Waals surface area contributed by atoms with Gasteiger partial charge in [0.2, 0.25) is 5.91 Å². The molecule has 2 aromatic carbocycles. The summed E-state index contributed by atoms with van der Waals surface area (Å²) in [5.74, 6) is -4.47. The number of aromatic nitrogens is 1.